The zero-order valence-corrected chi connectivity index (χ0v) is 69.7. The van der Waals surface area contributed by atoms with E-state index >= 15 is 0 Å². The van der Waals surface area contributed by atoms with E-state index in [9.17, 15) is 47.9 Å². The predicted molar refractivity (Wildman–Crippen MR) is 490 cm³/mol. The van der Waals surface area contributed by atoms with Gasteiger partial charge >= 0.3 is 0 Å². The molecule has 0 amide bonds. The second kappa shape index (κ2) is 35.1. The van der Waals surface area contributed by atoms with E-state index in [2.05, 4.69) is 21.3 Å². The van der Waals surface area contributed by atoms with E-state index < -0.39 is 0 Å². The van der Waals surface area contributed by atoms with Crippen LogP contribution in [0.25, 0.3) is 0 Å². The van der Waals surface area contributed by atoms with Crippen LogP contribution in [0.3, 0.4) is 0 Å². The van der Waals surface area contributed by atoms with Crippen molar-refractivity contribution in [1.82, 2.24) is 0 Å². The number of fused-ring (bicyclic) bond motifs is 10. The van der Waals surface area contributed by atoms with Crippen LogP contribution in [0.5, 0.6) is 23.0 Å². The van der Waals surface area contributed by atoms with Crippen molar-refractivity contribution in [2.24, 2.45) is 0 Å². The fourth-order valence-corrected chi connectivity index (χ4v) is 15.8. The number of carbonyl (C=O) groups excluding carboxylic acids is 10. The molecule has 14 aromatic rings. The first-order chi connectivity index (χ1) is 60.1. The minimum atomic E-state index is -0.386. The minimum absolute atomic E-state index is 0.00293. The van der Waals surface area contributed by atoms with Gasteiger partial charge in [-0.05, 0) is 120 Å². The second-order valence-electron chi connectivity index (χ2n) is 30.5. The highest BCUT2D eigenvalue weighted by molar-refractivity contribution is 6.48. The van der Waals surface area contributed by atoms with Crippen LogP contribution in [0.4, 0.5) is 62.6 Å². The first kappa shape index (κ1) is 84.2. The molecule has 5 aliphatic carbocycles. The van der Waals surface area contributed by atoms with Gasteiger partial charge in [0, 0.05) is 102 Å². The summed E-state index contributed by atoms with van der Waals surface area (Å²) < 4.78 is 12.1. The highest BCUT2D eigenvalue weighted by Crippen LogP contribution is 2.52. The van der Waals surface area contributed by atoms with Crippen LogP contribution in [0.15, 0.2) is 273 Å². The van der Waals surface area contributed by atoms with E-state index in [1.54, 1.807) is 188 Å². The molecule has 0 heterocycles. The van der Waals surface area contributed by atoms with E-state index in [0.29, 0.717) is 107 Å². The van der Waals surface area contributed by atoms with Crippen molar-refractivity contribution in [1.29, 1.82) is 0 Å². The van der Waals surface area contributed by atoms with Crippen molar-refractivity contribution in [2.45, 2.75) is 53.6 Å². The first-order valence-electron chi connectivity index (χ1n) is 39.7. The summed E-state index contributed by atoms with van der Waals surface area (Å²) in [6.07, 6.45) is 0. The largest absolute Gasteiger partial charge is 0.451 e. The Bertz CT molecular complexity index is 6530. The first-order valence-corrected chi connectivity index (χ1v) is 40.5. The molecule has 23 heteroatoms. The van der Waals surface area contributed by atoms with Crippen molar-refractivity contribution >= 4 is 144 Å². The lowest BCUT2D eigenvalue weighted by Crippen LogP contribution is -2.26. The van der Waals surface area contributed by atoms with Gasteiger partial charge in [0.05, 0.1) is 94.2 Å². The molecular formula is C102H79Cl2N9O12. The zero-order valence-electron chi connectivity index (χ0n) is 68.2. The molecule has 125 heavy (non-hydrogen) atoms. The number of ether oxygens (including phenoxy) is 2. The molecule has 0 saturated heterocycles. The van der Waals surface area contributed by atoms with Crippen LogP contribution >= 0.6 is 23.2 Å². The van der Waals surface area contributed by atoms with Gasteiger partial charge in [-0.1, -0.05) is 228 Å². The van der Waals surface area contributed by atoms with E-state index in [1.807, 2.05) is 126 Å². The van der Waals surface area contributed by atoms with Crippen LogP contribution in [-0.4, -0.2) is 69.9 Å². The molecule has 0 fully saturated rings. The van der Waals surface area contributed by atoms with Gasteiger partial charge in [0.1, 0.15) is 11.5 Å². The number of para-hydroxylation sites is 2. The molecule has 21 nitrogen and oxygen atoms in total. The lowest BCUT2D eigenvalue weighted by Gasteiger charge is -2.25. The van der Waals surface area contributed by atoms with Crippen molar-refractivity contribution in [3.63, 3.8) is 0 Å². The summed E-state index contributed by atoms with van der Waals surface area (Å²) >= 11 is 11.9. The van der Waals surface area contributed by atoms with Gasteiger partial charge in [0.15, 0.2) is 69.3 Å². The summed E-state index contributed by atoms with van der Waals surface area (Å²) in [6.45, 7) is 12.1. The van der Waals surface area contributed by atoms with Gasteiger partial charge in [-0.3, -0.25) is 47.9 Å². The number of carbonyl (C=O) groups is 10. The van der Waals surface area contributed by atoms with Crippen LogP contribution < -0.4 is 59.4 Å². The molecule has 0 aromatic heterocycles. The summed E-state index contributed by atoms with van der Waals surface area (Å²) in [5.41, 5.74) is 43.7. The number of anilines is 11. The van der Waals surface area contributed by atoms with Crippen molar-refractivity contribution < 1.29 is 57.4 Å². The molecule has 0 radical (unpaired) electrons. The Hall–Kier alpha value is -15.8. The third-order valence-electron chi connectivity index (χ3n) is 21.3. The predicted octanol–water partition coefficient (Wildman–Crippen LogP) is 20.9. The quantitative estimate of drug-likeness (QED) is 0.0513. The number of nitrogen functional groups attached to an aromatic ring is 5. The third-order valence-corrected chi connectivity index (χ3v) is 22.2. The Balaban J connectivity index is 0.000000123. The molecule has 14 N–H and O–H groups in total. The normalized spacial score (nSPS) is 12.6. The monoisotopic (exact) mass is 1690 g/mol. The van der Waals surface area contributed by atoms with Gasteiger partial charge in [0.2, 0.25) is 0 Å². The third kappa shape index (κ3) is 16.1. The SMILES string of the molecule is CC(C)Nc1ccc(NC(C)C)c2c1C(=O)c1ccccc1C2=O.Cc1ccc(Nc2ccc(Nc3ccc(C)cc3)c3c2C(=O)c2ccccc2C3=O)cc1.Nc1c(Cl)c(Cl)c(N)c2c1C(=O)c1ccccc1C2=O.Nc1c(Oc2ccccc2)c(Oc2ccccc2)c(N)c2c1C(=O)c1ccccc1C2=O.Nc1cccc2c1C(=O)c1ccccc1C2=O. The Morgan fingerprint density at radius 1 is 0.248 bits per heavy atom. The van der Waals surface area contributed by atoms with Crippen molar-refractivity contribution in [3.8, 4) is 23.0 Å². The fraction of sp³-hybridized carbons (Fsp3) is 0.0784. The second-order valence-corrected chi connectivity index (χ2v) is 31.2. The smallest absolute Gasteiger partial charge is 0.196 e. The molecule has 0 spiro atoms. The summed E-state index contributed by atoms with van der Waals surface area (Å²) in [6, 6.07) is 80.4. The van der Waals surface area contributed by atoms with E-state index in [4.69, 9.17) is 61.3 Å². The van der Waals surface area contributed by atoms with E-state index in [1.165, 1.54) is 0 Å². The Morgan fingerprint density at radius 2 is 0.488 bits per heavy atom. The molecule has 0 bridgehead atoms. The average molecular weight is 1690 g/mol. The average Bonchev–Trinajstić information content (AvgIpc) is 0.748. The number of rotatable bonds is 12. The molecular weight excluding hydrogens is 1610 g/mol. The lowest BCUT2D eigenvalue weighted by atomic mass is 9.82. The molecule has 0 unspecified atom stereocenters. The van der Waals surface area contributed by atoms with Gasteiger partial charge < -0.3 is 59.4 Å². The number of nitrogens with one attached hydrogen (secondary N) is 4. The fourth-order valence-electron chi connectivity index (χ4n) is 15.4. The highest BCUT2D eigenvalue weighted by atomic mass is 35.5. The summed E-state index contributed by atoms with van der Waals surface area (Å²) in [5.74, 6) is -1.23. The minimum Gasteiger partial charge on any atom is -0.451 e. The van der Waals surface area contributed by atoms with Crippen LogP contribution in [0, 0.1) is 13.8 Å². The Labute approximate surface area is 728 Å². The Kier molecular flexibility index (Phi) is 23.6. The summed E-state index contributed by atoms with van der Waals surface area (Å²) in [7, 11) is 0. The molecule has 5 aliphatic rings. The maximum absolute atomic E-state index is 13.5. The molecule has 0 atom stereocenters. The van der Waals surface area contributed by atoms with Gasteiger partial charge in [-0.15, -0.1) is 0 Å². The number of ketones is 10. The number of halogens is 2. The molecule has 0 aliphatic heterocycles. The summed E-state index contributed by atoms with van der Waals surface area (Å²) in [4.78, 5) is 129. The molecule has 14 aromatic carbocycles. The lowest BCUT2D eigenvalue weighted by molar-refractivity contribution is 0.0979. The summed E-state index contributed by atoms with van der Waals surface area (Å²) in [5, 5.41) is 13.2. The van der Waals surface area contributed by atoms with Gasteiger partial charge in [-0.25, -0.2) is 0 Å². The molecule has 618 valence electrons. The maximum Gasteiger partial charge on any atom is 0.196 e. The number of aryl methyl sites for hydroxylation is 2. The van der Waals surface area contributed by atoms with E-state index in [-0.39, 0.29) is 159 Å². The molecule has 0 saturated carbocycles. The number of nitrogens with two attached hydrogens (primary N) is 5. The van der Waals surface area contributed by atoms with Crippen LogP contribution in [-0.2, 0) is 0 Å². The highest BCUT2D eigenvalue weighted by Gasteiger charge is 2.41. The van der Waals surface area contributed by atoms with Crippen LogP contribution in [0.2, 0.25) is 10.0 Å². The standard InChI is InChI=1S/C28H22N2O2.C26H18N2O4.C20H22N2O2.C14H8Cl2N2O2.C14H9NO2/c1-17-7-11-19(12-8-17)29-23-15-16-24(30-20-13-9-18(2)10-14-20)26-25(23)27(31)21-5-3-4-6-22(21)28(26)32;27-21-19-20(24(30)18-14-8-7-13-17(18)23(19)29)22(28)26(32-16-11-5-2-6-12-16)25(21)31-15-9-3-1-4-10-15;1-11(2)21-15-9-10-16(22-12(3)4)18-17(15)19(23)13-7-5-6-8-14(13)20(18)24;15-9-10(16)12(18)8-7(11(9)17)13(19)5-3-1-2-4-6(5)14(8)20;15-11-7-3-6-10-12(11)14(17)9-5-2-1-4-8(9)13(10)16/h3-16,29-30H,1-2H3;1-14H,27-28H2;5-12,21-22H,1-4H3;1-4H,17-18H2;1-7H,15H2. The van der Waals surface area contributed by atoms with Crippen molar-refractivity contribution in [2.75, 3.05) is 49.9 Å². The van der Waals surface area contributed by atoms with Crippen molar-refractivity contribution in [3.05, 3.63) is 405 Å². The Morgan fingerprint density at radius 3 is 0.784 bits per heavy atom. The topological polar surface area (TPSA) is 367 Å². The number of hydrogen-bond acceptors (Lipinski definition) is 21. The van der Waals surface area contributed by atoms with Gasteiger partial charge in [-0.2, -0.15) is 0 Å². The molecule has 19 rings (SSSR count). The number of benzene rings is 14. The zero-order chi connectivity index (χ0) is 88.5. The maximum atomic E-state index is 13.5. The number of hydrogen-bond donors (Lipinski definition) is 9. The van der Waals surface area contributed by atoms with E-state index in [0.717, 1.165) is 22.5 Å². The van der Waals surface area contributed by atoms with Crippen LogP contribution in [0.1, 0.15) is 198 Å². The van der Waals surface area contributed by atoms with Gasteiger partial charge in [0.25, 0.3) is 0 Å².